The number of anilines is 2. The summed E-state index contributed by atoms with van der Waals surface area (Å²) in [5.41, 5.74) is 8.28. The third kappa shape index (κ3) is 12.8. The molecule has 4 amide bonds. The number of hydrogen-bond acceptors (Lipinski definition) is 16. The van der Waals surface area contributed by atoms with Crippen molar-refractivity contribution in [2.45, 2.75) is 78.4 Å². The molecule has 2 saturated heterocycles. The topological polar surface area (TPSA) is 287 Å². The summed E-state index contributed by atoms with van der Waals surface area (Å²) in [7, 11) is 0. The van der Waals surface area contributed by atoms with Crippen molar-refractivity contribution in [3.63, 3.8) is 0 Å². The lowest BCUT2D eigenvalue weighted by Crippen LogP contribution is -2.33. The van der Waals surface area contributed by atoms with Crippen LogP contribution < -0.4 is 31.2 Å². The number of fused-ring (bicyclic) bond motifs is 4. The Labute approximate surface area is 496 Å². The summed E-state index contributed by atoms with van der Waals surface area (Å²) < 4.78 is 11.6. The number of nitrogens with zero attached hydrogens (tertiary/aromatic N) is 6. The van der Waals surface area contributed by atoms with Gasteiger partial charge in [0.1, 0.15) is 59.7 Å². The first-order valence-corrected chi connectivity index (χ1v) is 29.5. The van der Waals surface area contributed by atoms with E-state index in [-0.39, 0.29) is 83.8 Å². The number of aryl methyl sites for hydroxylation is 4. The number of imide groups is 2. The van der Waals surface area contributed by atoms with Gasteiger partial charge in [-0.1, -0.05) is 35.4 Å². The molecule has 8 N–H and O–H groups in total. The fourth-order valence-corrected chi connectivity index (χ4v) is 11.7. The van der Waals surface area contributed by atoms with Gasteiger partial charge in [0.15, 0.2) is 0 Å². The summed E-state index contributed by atoms with van der Waals surface area (Å²) >= 11 is 0. The zero-order valence-electron chi connectivity index (χ0n) is 48.8. The highest BCUT2D eigenvalue weighted by Crippen LogP contribution is 2.33. The van der Waals surface area contributed by atoms with E-state index < -0.39 is 12.2 Å². The van der Waals surface area contributed by atoms with Gasteiger partial charge in [0.2, 0.25) is 0 Å². The molecule has 8 aromatic rings. The van der Waals surface area contributed by atoms with E-state index in [0.717, 1.165) is 74.4 Å². The number of carbonyl (C=O) groups excluding carboxylic acids is 4. The predicted octanol–water partition coefficient (Wildman–Crippen LogP) is 6.94. The highest BCUT2D eigenvalue weighted by Gasteiger charge is 2.38. The highest BCUT2D eigenvalue weighted by atomic mass is 16.5. The molecule has 4 aliphatic rings. The zero-order chi connectivity index (χ0) is 60.2. The number of benzene rings is 4. The molecule has 448 valence electrons. The number of aromatic nitrogens is 6. The van der Waals surface area contributed by atoms with Gasteiger partial charge in [-0.15, -0.1) is 0 Å². The fraction of sp³-hybridized carbons (Fsp3) is 0.375. The minimum atomic E-state index is -0.846. The summed E-state index contributed by atoms with van der Waals surface area (Å²) in [4.78, 5) is 107. The number of amides is 4. The van der Waals surface area contributed by atoms with Gasteiger partial charge in [0.05, 0.1) is 55.7 Å². The average molecular weight is 1170 g/mol. The number of likely N-dealkylation sites (tertiary alicyclic amines) is 2. The second kappa shape index (κ2) is 25.7. The number of pyridine rings is 2. The quantitative estimate of drug-likeness (QED) is 0.0319. The standard InChI is InChI=1S/2C32H36N6O5/c2*1-19-6-7-27(20(2)14-19)43-18-21(39)17-34-24-8-9-33-30(40)28(24)29-35-25-15-22-23(16-26(25)36-29)32(42)38(31(22)41)13-5-12-37-10-3-4-11-37/h2*6-9,14-16,21,39H,3-5,10-13,17-18H2,1-2H3,(H,35,36)(H2,33,34,40)/t2*21-/m11/s1. The largest absolute Gasteiger partial charge is 0.491 e. The molecule has 8 heterocycles. The molecular weight excluding hydrogens is 1100 g/mol. The monoisotopic (exact) mass is 1170 g/mol. The van der Waals surface area contributed by atoms with Crippen molar-refractivity contribution < 1.29 is 38.9 Å². The molecule has 12 rings (SSSR count). The number of rotatable bonds is 22. The molecule has 0 saturated carbocycles. The Morgan fingerprint density at radius 3 is 1.28 bits per heavy atom. The number of ether oxygens (including phenoxy) is 2. The lowest BCUT2D eigenvalue weighted by Gasteiger charge is -2.17. The van der Waals surface area contributed by atoms with Crippen LogP contribution in [0.2, 0.25) is 0 Å². The molecule has 2 atom stereocenters. The summed E-state index contributed by atoms with van der Waals surface area (Å²) in [5, 5.41) is 27.4. The van der Waals surface area contributed by atoms with Gasteiger partial charge < -0.3 is 60.1 Å². The number of H-pyrrole nitrogens is 4. The molecule has 22 heteroatoms. The summed E-state index contributed by atoms with van der Waals surface area (Å²) in [6.07, 6.45) is 7.62. The Balaban J connectivity index is 0.000000179. The van der Waals surface area contributed by atoms with E-state index in [0.29, 0.717) is 80.3 Å². The van der Waals surface area contributed by atoms with Gasteiger partial charge in [-0.3, -0.25) is 38.6 Å². The Morgan fingerprint density at radius 1 is 0.512 bits per heavy atom. The van der Waals surface area contributed by atoms with Gasteiger partial charge in [-0.2, -0.15) is 0 Å². The van der Waals surface area contributed by atoms with E-state index in [1.165, 1.54) is 47.9 Å². The van der Waals surface area contributed by atoms with Crippen molar-refractivity contribution in [3.05, 3.63) is 150 Å². The van der Waals surface area contributed by atoms with E-state index in [4.69, 9.17) is 9.47 Å². The van der Waals surface area contributed by atoms with Crippen molar-refractivity contribution in [2.24, 2.45) is 0 Å². The normalized spacial score (nSPS) is 15.8. The maximum Gasteiger partial charge on any atom is 0.261 e. The first kappa shape index (κ1) is 58.8. The highest BCUT2D eigenvalue weighted by molar-refractivity contribution is 6.23. The Kier molecular flexibility index (Phi) is 17.6. The SMILES string of the molecule is Cc1ccc(OC[C@H](O)CNc2cc[nH]c(=O)c2-c2nc3cc4c(cc3[nH]2)C(=O)N(CCCN2CCCC2)C4=O)c(C)c1.Cc1ccc(OC[C@H](O)CNc2cc[nH]c(=O)c2-c2nc3cc4c(cc3[nH]2)C(=O)N(CCCN2CCCC2)C4=O)c(C)c1. The second-order valence-corrected chi connectivity index (χ2v) is 22.7. The number of aromatic amines is 4. The van der Waals surface area contributed by atoms with Crippen LogP contribution in [-0.4, -0.2) is 174 Å². The molecule has 4 aliphatic heterocycles. The Bertz CT molecular complexity index is 3630. The number of aliphatic hydroxyl groups is 2. The van der Waals surface area contributed by atoms with E-state index in [2.05, 4.69) is 50.3 Å². The Hall–Kier alpha value is -8.96. The lowest BCUT2D eigenvalue weighted by atomic mass is 10.1. The van der Waals surface area contributed by atoms with Crippen LogP contribution in [-0.2, 0) is 0 Å². The van der Waals surface area contributed by atoms with Crippen LogP contribution >= 0.6 is 0 Å². The molecule has 0 bridgehead atoms. The minimum absolute atomic E-state index is 0.0724. The van der Waals surface area contributed by atoms with E-state index in [1.807, 2.05) is 64.1 Å². The molecule has 0 radical (unpaired) electrons. The predicted molar refractivity (Wildman–Crippen MR) is 327 cm³/mol. The molecule has 4 aromatic carbocycles. The fourth-order valence-electron chi connectivity index (χ4n) is 11.7. The summed E-state index contributed by atoms with van der Waals surface area (Å²) in [6.45, 7) is 15.1. The zero-order valence-corrected chi connectivity index (χ0v) is 48.8. The van der Waals surface area contributed by atoms with E-state index in [1.54, 1.807) is 36.4 Å². The van der Waals surface area contributed by atoms with Gasteiger partial charge in [0.25, 0.3) is 34.7 Å². The van der Waals surface area contributed by atoms with Gasteiger partial charge >= 0.3 is 0 Å². The minimum Gasteiger partial charge on any atom is -0.491 e. The summed E-state index contributed by atoms with van der Waals surface area (Å²) in [6, 6.07) is 21.6. The van der Waals surface area contributed by atoms with Crippen molar-refractivity contribution >= 4 is 57.1 Å². The van der Waals surface area contributed by atoms with E-state index in [9.17, 15) is 39.0 Å². The van der Waals surface area contributed by atoms with Gasteiger partial charge in [0, 0.05) is 38.6 Å². The molecule has 0 unspecified atom stereocenters. The molecule has 2 fully saturated rings. The first-order valence-electron chi connectivity index (χ1n) is 29.5. The van der Waals surface area contributed by atoms with Crippen LogP contribution in [0.5, 0.6) is 11.5 Å². The average Bonchev–Trinajstić information content (AvgIpc) is 2.35. The molecule has 22 nitrogen and oxygen atoms in total. The van der Waals surface area contributed by atoms with Crippen molar-refractivity contribution in [1.82, 2.24) is 49.5 Å². The Morgan fingerprint density at radius 2 is 0.895 bits per heavy atom. The van der Waals surface area contributed by atoms with Crippen LogP contribution in [0.1, 0.15) is 102 Å². The molecule has 0 spiro atoms. The number of aliphatic hydroxyl groups excluding tert-OH is 2. The maximum atomic E-state index is 13.1. The van der Waals surface area contributed by atoms with Gasteiger partial charge in [-0.25, -0.2) is 9.97 Å². The number of hydrogen-bond donors (Lipinski definition) is 8. The molecular formula is C64H72N12O10. The lowest BCUT2D eigenvalue weighted by molar-refractivity contribution is 0.0633. The van der Waals surface area contributed by atoms with Gasteiger partial charge in [-0.05, 0) is 165 Å². The molecule has 86 heavy (non-hydrogen) atoms. The van der Waals surface area contributed by atoms with Crippen molar-refractivity contribution in [3.8, 4) is 34.3 Å². The van der Waals surface area contributed by atoms with Crippen LogP contribution in [0.3, 0.4) is 0 Å². The van der Waals surface area contributed by atoms with Crippen LogP contribution in [0.15, 0.2) is 94.8 Å². The van der Waals surface area contributed by atoms with E-state index >= 15 is 0 Å². The van der Waals surface area contributed by atoms with Crippen LogP contribution in [0.4, 0.5) is 11.4 Å². The van der Waals surface area contributed by atoms with Crippen molar-refractivity contribution in [1.29, 1.82) is 0 Å². The molecule has 4 aromatic heterocycles. The third-order valence-electron chi connectivity index (χ3n) is 16.2. The molecule has 0 aliphatic carbocycles. The third-order valence-corrected chi connectivity index (χ3v) is 16.2. The number of nitrogens with one attached hydrogen (secondary N) is 6. The first-order chi connectivity index (χ1) is 41.6. The summed E-state index contributed by atoms with van der Waals surface area (Å²) in [5.74, 6) is 0.732. The number of imidazole rings is 2. The maximum absolute atomic E-state index is 13.1. The van der Waals surface area contributed by atoms with Crippen molar-refractivity contribution in [2.75, 3.05) is 89.3 Å². The smallest absolute Gasteiger partial charge is 0.261 e. The van der Waals surface area contributed by atoms with Crippen LogP contribution in [0.25, 0.3) is 44.8 Å². The second-order valence-electron chi connectivity index (χ2n) is 22.7. The number of carbonyl (C=O) groups is 4. The van der Waals surface area contributed by atoms with Crippen LogP contribution in [0, 0.1) is 27.7 Å².